The summed E-state index contributed by atoms with van der Waals surface area (Å²) in [5, 5.41) is 8.93. The van der Waals surface area contributed by atoms with Crippen LogP contribution in [-0.2, 0) is 11.2 Å². The molecule has 0 bridgehead atoms. The zero-order chi connectivity index (χ0) is 20.8. The van der Waals surface area contributed by atoms with Gasteiger partial charge in [0.1, 0.15) is 5.75 Å². The Morgan fingerprint density at radius 2 is 1.63 bits per heavy atom. The number of para-hydroxylation sites is 1. The largest absolute Gasteiger partial charge is 0.497 e. The fourth-order valence-corrected chi connectivity index (χ4v) is 4.27. The number of rotatable bonds is 6. The van der Waals surface area contributed by atoms with Crippen molar-refractivity contribution in [3.05, 3.63) is 96.1 Å². The molecular formula is C24H21N3O2S. The normalized spacial score (nSPS) is 17.8. The molecular weight excluding hydrogens is 394 g/mol. The number of ether oxygens (including phenoxy) is 1. The van der Waals surface area contributed by atoms with Crippen molar-refractivity contribution in [3.8, 4) is 5.75 Å². The molecule has 0 aliphatic carbocycles. The van der Waals surface area contributed by atoms with E-state index >= 15 is 0 Å². The summed E-state index contributed by atoms with van der Waals surface area (Å²) in [5.74, 6) is 0.809. The molecule has 150 valence electrons. The summed E-state index contributed by atoms with van der Waals surface area (Å²) < 4.78 is 5.22. The summed E-state index contributed by atoms with van der Waals surface area (Å²) in [4.78, 5) is 14.9. The van der Waals surface area contributed by atoms with E-state index in [0.717, 1.165) is 22.6 Å². The minimum atomic E-state index is -0.260. The smallest absolute Gasteiger partial charge is 0.247 e. The zero-order valence-electron chi connectivity index (χ0n) is 16.5. The van der Waals surface area contributed by atoms with Gasteiger partial charge < -0.3 is 4.74 Å². The van der Waals surface area contributed by atoms with Crippen LogP contribution in [0.3, 0.4) is 0 Å². The van der Waals surface area contributed by atoms with Crippen molar-refractivity contribution in [2.45, 2.75) is 11.7 Å². The van der Waals surface area contributed by atoms with Gasteiger partial charge in [0.15, 0.2) is 5.17 Å². The minimum absolute atomic E-state index is 0.00989. The van der Waals surface area contributed by atoms with Crippen LogP contribution in [0, 0.1) is 0 Å². The lowest BCUT2D eigenvalue weighted by Gasteiger charge is -2.15. The van der Waals surface area contributed by atoms with Crippen LogP contribution in [0.4, 0.5) is 5.69 Å². The van der Waals surface area contributed by atoms with Gasteiger partial charge in [0.2, 0.25) is 5.91 Å². The molecule has 3 aromatic rings. The lowest BCUT2D eigenvalue weighted by atomic mass is 10.1. The van der Waals surface area contributed by atoms with Gasteiger partial charge in [-0.3, -0.25) is 9.69 Å². The maximum atomic E-state index is 13.2. The molecule has 0 N–H and O–H groups in total. The van der Waals surface area contributed by atoms with Crippen LogP contribution in [-0.4, -0.2) is 29.6 Å². The van der Waals surface area contributed by atoms with Crippen LogP contribution >= 0.6 is 11.8 Å². The first kappa shape index (κ1) is 19.9. The van der Waals surface area contributed by atoms with Crippen molar-refractivity contribution in [1.29, 1.82) is 0 Å². The van der Waals surface area contributed by atoms with Crippen LogP contribution in [0.1, 0.15) is 11.1 Å². The summed E-state index contributed by atoms with van der Waals surface area (Å²) in [5.41, 5.74) is 2.82. The second kappa shape index (κ2) is 9.41. The molecule has 1 saturated heterocycles. The van der Waals surface area contributed by atoms with Crippen molar-refractivity contribution in [2.75, 3.05) is 12.0 Å². The summed E-state index contributed by atoms with van der Waals surface area (Å²) in [6.45, 7) is 0. The third-order valence-electron chi connectivity index (χ3n) is 4.68. The van der Waals surface area contributed by atoms with Gasteiger partial charge >= 0.3 is 0 Å². The van der Waals surface area contributed by atoms with Crippen LogP contribution < -0.4 is 9.64 Å². The molecule has 1 atom stereocenters. The van der Waals surface area contributed by atoms with Crippen molar-refractivity contribution in [3.63, 3.8) is 0 Å². The number of nitrogens with zero attached hydrogens (tertiary/aromatic N) is 3. The maximum absolute atomic E-state index is 13.2. The Balaban J connectivity index is 1.59. The molecule has 1 aliphatic heterocycles. The highest BCUT2D eigenvalue weighted by Crippen LogP contribution is 2.34. The Hall–Kier alpha value is -3.38. The Labute approximate surface area is 180 Å². The van der Waals surface area contributed by atoms with Gasteiger partial charge in [0.25, 0.3) is 0 Å². The minimum Gasteiger partial charge on any atom is -0.497 e. The van der Waals surface area contributed by atoms with Crippen LogP contribution in [0.2, 0.25) is 0 Å². The van der Waals surface area contributed by atoms with Gasteiger partial charge in [-0.2, -0.15) is 5.10 Å². The number of carbonyl (C=O) groups is 1. The van der Waals surface area contributed by atoms with Gasteiger partial charge in [0, 0.05) is 0 Å². The number of amides is 1. The molecule has 1 fully saturated rings. The van der Waals surface area contributed by atoms with Gasteiger partial charge in [-0.25, -0.2) is 0 Å². The predicted octanol–water partition coefficient (Wildman–Crippen LogP) is 4.78. The average Bonchev–Trinajstić information content (AvgIpc) is 3.10. The van der Waals surface area contributed by atoms with Crippen molar-refractivity contribution >= 4 is 34.7 Å². The molecule has 5 nitrogen and oxygen atoms in total. The topological polar surface area (TPSA) is 54.3 Å². The molecule has 1 heterocycles. The second-order valence-corrected chi connectivity index (χ2v) is 7.88. The average molecular weight is 416 g/mol. The third-order valence-corrected chi connectivity index (χ3v) is 5.81. The highest BCUT2D eigenvalue weighted by Gasteiger charge is 2.39. The van der Waals surface area contributed by atoms with Crippen LogP contribution in [0.5, 0.6) is 5.75 Å². The number of anilines is 1. The van der Waals surface area contributed by atoms with E-state index in [1.807, 2.05) is 84.9 Å². The number of hydrogen-bond donors (Lipinski definition) is 0. The first-order chi connectivity index (χ1) is 14.7. The van der Waals surface area contributed by atoms with Crippen molar-refractivity contribution in [1.82, 2.24) is 0 Å². The van der Waals surface area contributed by atoms with Gasteiger partial charge in [-0.1, -0.05) is 72.4 Å². The Bertz CT molecular complexity index is 1050. The van der Waals surface area contributed by atoms with E-state index < -0.39 is 0 Å². The van der Waals surface area contributed by atoms with E-state index in [-0.39, 0.29) is 11.2 Å². The summed E-state index contributed by atoms with van der Waals surface area (Å²) in [7, 11) is 1.64. The number of amidine groups is 1. The SMILES string of the molecule is COc1ccc(C[C@@H]2S/C(=N/N=C\c3ccccc3)N(c3ccccc3)C2=O)cc1. The summed E-state index contributed by atoms with van der Waals surface area (Å²) in [6, 6.07) is 27.1. The van der Waals surface area contributed by atoms with Crippen LogP contribution in [0.15, 0.2) is 95.1 Å². The van der Waals surface area contributed by atoms with E-state index in [1.54, 1.807) is 18.2 Å². The molecule has 6 heteroatoms. The fraction of sp³-hybridized carbons (Fsp3) is 0.125. The number of benzene rings is 3. The molecule has 0 aromatic heterocycles. The lowest BCUT2D eigenvalue weighted by Crippen LogP contribution is -2.32. The number of carbonyl (C=O) groups excluding carboxylic acids is 1. The molecule has 1 amide bonds. The quantitative estimate of drug-likeness (QED) is 0.430. The zero-order valence-corrected chi connectivity index (χ0v) is 17.3. The lowest BCUT2D eigenvalue weighted by molar-refractivity contribution is -0.116. The summed E-state index contributed by atoms with van der Waals surface area (Å²) in [6.07, 6.45) is 2.30. The maximum Gasteiger partial charge on any atom is 0.247 e. The fourth-order valence-electron chi connectivity index (χ4n) is 3.14. The summed E-state index contributed by atoms with van der Waals surface area (Å²) >= 11 is 1.44. The Morgan fingerprint density at radius 1 is 0.967 bits per heavy atom. The van der Waals surface area contributed by atoms with Gasteiger partial charge in [0.05, 0.1) is 24.3 Å². The third kappa shape index (κ3) is 4.60. The predicted molar refractivity (Wildman–Crippen MR) is 123 cm³/mol. The molecule has 30 heavy (non-hydrogen) atoms. The Kier molecular flexibility index (Phi) is 6.25. The molecule has 0 unspecified atom stereocenters. The van der Waals surface area contributed by atoms with E-state index in [1.165, 1.54) is 11.8 Å². The number of hydrogen-bond acceptors (Lipinski definition) is 5. The van der Waals surface area contributed by atoms with Crippen LogP contribution in [0.25, 0.3) is 0 Å². The highest BCUT2D eigenvalue weighted by atomic mass is 32.2. The molecule has 0 radical (unpaired) electrons. The standard InChI is InChI=1S/C24H21N3O2S/c1-29-21-14-12-18(13-15-21)16-22-23(28)27(20-10-6-3-7-11-20)24(30-22)26-25-17-19-8-4-2-5-9-19/h2-15,17,22H,16H2,1H3/b25-17-,26-24+/t22-/m0/s1. The monoisotopic (exact) mass is 415 g/mol. The highest BCUT2D eigenvalue weighted by molar-refractivity contribution is 8.16. The van der Waals surface area contributed by atoms with E-state index in [2.05, 4.69) is 10.2 Å². The molecule has 4 rings (SSSR count). The van der Waals surface area contributed by atoms with E-state index in [0.29, 0.717) is 11.6 Å². The second-order valence-electron chi connectivity index (χ2n) is 6.71. The van der Waals surface area contributed by atoms with Crippen molar-refractivity contribution < 1.29 is 9.53 Å². The van der Waals surface area contributed by atoms with E-state index in [9.17, 15) is 4.79 Å². The molecule has 0 spiro atoms. The molecule has 3 aromatic carbocycles. The Morgan fingerprint density at radius 3 is 2.30 bits per heavy atom. The van der Waals surface area contributed by atoms with E-state index in [4.69, 9.17) is 4.74 Å². The van der Waals surface area contributed by atoms with Gasteiger partial charge in [-0.05, 0) is 41.8 Å². The molecule has 0 saturated carbocycles. The first-order valence-electron chi connectivity index (χ1n) is 9.59. The first-order valence-corrected chi connectivity index (χ1v) is 10.5. The molecule has 1 aliphatic rings. The number of methoxy groups -OCH3 is 1. The van der Waals surface area contributed by atoms with Gasteiger partial charge in [-0.15, -0.1) is 5.10 Å². The van der Waals surface area contributed by atoms with Crippen molar-refractivity contribution in [2.24, 2.45) is 10.2 Å². The number of thioether (sulfide) groups is 1.